The predicted octanol–water partition coefficient (Wildman–Crippen LogP) is 6.29. The van der Waals surface area contributed by atoms with Gasteiger partial charge in [0, 0.05) is 24.8 Å². The maximum Gasteiger partial charge on any atom is 0.420 e. The molecule has 1 aliphatic heterocycles. The highest BCUT2D eigenvalue weighted by atomic mass is 35.5. The van der Waals surface area contributed by atoms with Crippen molar-refractivity contribution in [3.8, 4) is 11.3 Å². The lowest BCUT2D eigenvalue weighted by atomic mass is 9.89. The summed E-state index contributed by atoms with van der Waals surface area (Å²) < 4.78 is 47.8. The first-order valence-electron chi connectivity index (χ1n) is 10.5. The van der Waals surface area contributed by atoms with Gasteiger partial charge in [-0.3, -0.25) is 9.20 Å². The first kappa shape index (κ1) is 21.6. The molecule has 3 aromatic heterocycles. The minimum atomic E-state index is -4.69. The topological polar surface area (TPSA) is 50.8 Å². The van der Waals surface area contributed by atoms with Crippen LogP contribution in [0, 0.1) is 0 Å². The van der Waals surface area contributed by atoms with Crippen molar-refractivity contribution >= 4 is 23.2 Å². The fraction of sp³-hybridized carbons (Fsp3) is 0.250. The van der Waals surface area contributed by atoms with E-state index in [1.807, 2.05) is 18.2 Å². The van der Waals surface area contributed by atoms with Crippen LogP contribution in [-0.4, -0.2) is 33.3 Å². The van der Waals surface area contributed by atoms with E-state index in [-0.39, 0.29) is 22.2 Å². The zero-order chi connectivity index (χ0) is 23.2. The number of likely N-dealkylation sites (tertiary alicyclic amines) is 1. The summed E-state index contributed by atoms with van der Waals surface area (Å²) in [6, 6.07) is 14.1. The molecule has 0 spiro atoms. The van der Waals surface area contributed by atoms with Crippen LogP contribution >= 0.6 is 11.6 Å². The summed E-state index contributed by atoms with van der Waals surface area (Å²) in [5.74, 6) is 0.116. The molecule has 1 fully saturated rings. The first-order chi connectivity index (χ1) is 15.8. The monoisotopic (exact) mass is 473 g/mol. The molecule has 0 atom stereocenters. The highest BCUT2D eigenvalue weighted by molar-refractivity contribution is 6.33. The number of benzene rings is 1. The van der Waals surface area contributed by atoms with E-state index < -0.39 is 23.3 Å². The van der Waals surface area contributed by atoms with E-state index in [4.69, 9.17) is 16.0 Å². The number of halogens is 4. The van der Waals surface area contributed by atoms with Gasteiger partial charge in [-0.05, 0) is 42.5 Å². The van der Waals surface area contributed by atoms with E-state index in [0.29, 0.717) is 19.0 Å². The van der Waals surface area contributed by atoms with Crippen molar-refractivity contribution in [1.82, 2.24) is 14.3 Å². The van der Waals surface area contributed by atoms with Crippen molar-refractivity contribution < 1.29 is 22.4 Å². The Morgan fingerprint density at radius 3 is 2.45 bits per heavy atom. The maximum absolute atomic E-state index is 13.8. The molecule has 4 aromatic rings. The zero-order valence-corrected chi connectivity index (χ0v) is 18.1. The average Bonchev–Trinajstić information content (AvgIpc) is 3.47. The van der Waals surface area contributed by atoms with Crippen molar-refractivity contribution in [2.24, 2.45) is 0 Å². The molecule has 0 saturated carbocycles. The lowest BCUT2D eigenvalue weighted by Gasteiger charge is -2.31. The SMILES string of the molecule is O=C(c1nc2c(C(F)(F)F)cc(-c3ccco3)cn2c1Cl)N1CCC(c2ccccc2)CC1. The van der Waals surface area contributed by atoms with E-state index in [0.717, 1.165) is 23.3 Å². The molecule has 4 heterocycles. The van der Waals surface area contributed by atoms with Gasteiger partial charge in [0.2, 0.25) is 0 Å². The smallest absolute Gasteiger partial charge is 0.420 e. The second-order valence-electron chi connectivity index (χ2n) is 8.04. The number of rotatable bonds is 3. The molecule has 1 aromatic carbocycles. The van der Waals surface area contributed by atoms with Gasteiger partial charge in [-0.25, -0.2) is 4.98 Å². The van der Waals surface area contributed by atoms with Gasteiger partial charge in [-0.15, -0.1) is 0 Å². The Hall–Kier alpha value is -3.26. The Labute approximate surface area is 192 Å². The fourth-order valence-electron chi connectivity index (χ4n) is 4.33. The third kappa shape index (κ3) is 3.99. The third-order valence-corrected chi connectivity index (χ3v) is 6.39. The summed E-state index contributed by atoms with van der Waals surface area (Å²) >= 11 is 6.41. The quantitative estimate of drug-likeness (QED) is 0.351. The maximum atomic E-state index is 13.8. The minimum Gasteiger partial charge on any atom is -0.464 e. The van der Waals surface area contributed by atoms with Crippen LogP contribution in [-0.2, 0) is 6.18 Å². The Morgan fingerprint density at radius 2 is 1.82 bits per heavy atom. The number of hydrogen-bond acceptors (Lipinski definition) is 3. The number of furan rings is 1. The van der Waals surface area contributed by atoms with Gasteiger partial charge in [0.15, 0.2) is 11.3 Å². The number of pyridine rings is 1. The van der Waals surface area contributed by atoms with E-state index in [9.17, 15) is 18.0 Å². The lowest BCUT2D eigenvalue weighted by Crippen LogP contribution is -2.38. The number of carbonyl (C=O) groups is 1. The number of fused-ring (bicyclic) bond motifs is 1. The summed E-state index contributed by atoms with van der Waals surface area (Å²) in [6.07, 6.45) is -0.394. The van der Waals surface area contributed by atoms with Crippen LogP contribution < -0.4 is 0 Å². The number of nitrogens with zero attached hydrogens (tertiary/aromatic N) is 3. The molecule has 33 heavy (non-hydrogen) atoms. The van der Waals surface area contributed by atoms with Gasteiger partial charge < -0.3 is 9.32 Å². The number of hydrogen-bond donors (Lipinski definition) is 0. The molecule has 1 aliphatic rings. The molecule has 1 amide bonds. The summed E-state index contributed by atoms with van der Waals surface area (Å²) in [4.78, 5) is 18.8. The van der Waals surface area contributed by atoms with Crippen molar-refractivity contribution in [2.75, 3.05) is 13.1 Å². The Morgan fingerprint density at radius 1 is 1.09 bits per heavy atom. The van der Waals surface area contributed by atoms with Crippen LogP contribution in [0.1, 0.15) is 40.4 Å². The minimum absolute atomic E-state index is 0.154. The van der Waals surface area contributed by atoms with Crippen molar-refractivity contribution in [3.63, 3.8) is 0 Å². The summed E-state index contributed by atoms with van der Waals surface area (Å²) in [5.41, 5.74) is -0.181. The van der Waals surface area contributed by atoms with Crippen LogP contribution in [0.25, 0.3) is 17.0 Å². The Bertz CT molecular complexity index is 1290. The van der Waals surface area contributed by atoms with Gasteiger partial charge in [-0.1, -0.05) is 41.9 Å². The van der Waals surface area contributed by atoms with Crippen LogP contribution in [0.2, 0.25) is 5.15 Å². The molecule has 9 heteroatoms. The average molecular weight is 474 g/mol. The van der Waals surface area contributed by atoms with E-state index >= 15 is 0 Å². The molecular formula is C24H19ClF3N3O2. The van der Waals surface area contributed by atoms with Crippen molar-refractivity contribution in [3.05, 3.63) is 83.0 Å². The number of imidazole rings is 1. The van der Waals surface area contributed by atoms with Crippen LogP contribution in [0.15, 0.2) is 65.4 Å². The second kappa shape index (κ2) is 8.26. The molecule has 0 radical (unpaired) electrons. The lowest BCUT2D eigenvalue weighted by molar-refractivity contribution is -0.136. The summed E-state index contributed by atoms with van der Waals surface area (Å²) in [5, 5.41) is -0.154. The van der Waals surface area contributed by atoms with Gasteiger partial charge >= 0.3 is 6.18 Å². The number of carbonyl (C=O) groups excluding carboxylic acids is 1. The van der Waals surface area contributed by atoms with E-state index in [1.54, 1.807) is 17.0 Å². The largest absolute Gasteiger partial charge is 0.464 e. The molecule has 5 rings (SSSR count). The molecule has 0 bridgehead atoms. The van der Waals surface area contributed by atoms with Crippen molar-refractivity contribution in [2.45, 2.75) is 24.9 Å². The first-order valence-corrected chi connectivity index (χ1v) is 10.9. The number of amides is 1. The normalized spacial score (nSPS) is 15.3. The van der Waals surface area contributed by atoms with Crippen LogP contribution in [0.3, 0.4) is 0 Å². The summed E-state index contributed by atoms with van der Waals surface area (Å²) in [7, 11) is 0. The van der Waals surface area contributed by atoms with Gasteiger partial charge in [0.1, 0.15) is 10.9 Å². The Balaban J connectivity index is 1.47. The second-order valence-corrected chi connectivity index (χ2v) is 8.40. The molecule has 0 aliphatic carbocycles. The van der Waals surface area contributed by atoms with E-state index in [2.05, 4.69) is 17.1 Å². The summed E-state index contributed by atoms with van der Waals surface area (Å²) in [6.45, 7) is 0.957. The van der Waals surface area contributed by atoms with Crippen LogP contribution in [0.5, 0.6) is 0 Å². The molecular weight excluding hydrogens is 455 g/mol. The molecule has 170 valence electrons. The molecule has 1 saturated heterocycles. The number of piperidine rings is 1. The molecule has 0 unspecified atom stereocenters. The van der Waals surface area contributed by atoms with Gasteiger partial charge in [0.25, 0.3) is 5.91 Å². The number of aromatic nitrogens is 2. The molecule has 5 nitrogen and oxygen atoms in total. The van der Waals surface area contributed by atoms with E-state index in [1.165, 1.54) is 18.0 Å². The van der Waals surface area contributed by atoms with Gasteiger partial charge in [-0.2, -0.15) is 13.2 Å². The standard InChI is InChI=1S/C24H19ClF3N3O2/c25-21-20(23(32)30-10-8-16(9-11-30)15-5-2-1-3-6-15)29-22-18(24(26,27)28)13-17(14-31(21)22)19-7-4-12-33-19/h1-7,12-14,16H,8-11H2. The third-order valence-electron chi connectivity index (χ3n) is 6.03. The van der Waals surface area contributed by atoms with Gasteiger partial charge in [0.05, 0.1) is 11.8 Å². The number of alkyl halides is 3. The fourth-order valence-corrected chi connectivity index (χ4v) is 4.58. The molecule has 0 N–H and O–H groups in total. The Kier molecular flexibility index (Phi) is 5.40. The highest BCUT2D eigenvalue weighted by Gasteiger charge is 2.37. The van der Waals surface area contributed by atoms with Crippen molar-refractivity contribution in [1.29, 1.82) is 0 Å². The highest BCUT2D eigenvalue weighted by Crippen LogP contribution is 2.37. The predicted molar refractivity (Wildman–Crippen MR) is 117 cm³/mol. The zero-order valence-electron chi connectivity index (χ0n) is 17.3. The van der Waals surface area contributed by atoms with Crippen LogP contribution in [0.4, 0.5) is 13.2 Å².